The molecule has 6 saturated carbocycles. The van der Waals surface area contributed by atoms with Gasteiger partial charge in [-0.1, -0.05) is 64.0 Å². The third kappa shape index (κ3) is 8.29. The first-order valence-electron chi connectivity index (χ1n) is 23.2. The molecule has 7 rings (SSSR count). The standard InChI is InChI=1S/C50H67NO13/c1-7-16-47(3)28(15-18-52)8-10-32-35-19-27(2)42(50(35,6)23-38(55)44(32)47)40(57)25-62-46(60)64-26-63-41(58)21-36(51)45(59)61-24-39(56)34-13-12-33-31-11-9-29-20-30(53)14-17-48(29,4)43(31)37(54)22-49(33,34)5/h7,14-18,20,27,31-38,42-44,54-55H,8-13,19,21-26,51H2,1-6H3/b16-7-,28-15-. The number of nitrogens with two attached hydrogens (primary N) is 1. The van der Waals surface area contributed by atoms with Crippen LogP contribution in [0.1, 0.15) is 106 Å². The van der Waals surface area contributed by atoms with Crippen LogP contribution in [-0.4, -0.2) is 90.2 Å². The summed E-state index contributed by atoms with van der Waals surface area (Å²) < 4.78 is 20.3. The van der Waals surface area contributed by atoms with Crippen molar-refractivity contribution in [2.75, 3.05) is 20.0 Å². The van der Waals surface area contributed by atoms with E-state index in [1.807, 2.05) is 32.9 Å². The summed E-state index contributed by atoms with van der Waals surface area (Å²) in [5.74, 6) is -3.02. The van der Waals surface area contributed by atoms with Gasteiger partial charge in [0.2, 0.25) is 6.79 Å². The second kappa shape index (κ2) is 18.2. The van der Waals surface area contributed by atoms with Crippen LogP contribution >= 0.6 is 0 Å². The Morgan fingerprint density at radius 1 is 0.859 bits per heavy atom. The van der Waals surface area contributed by atoms with E-state index in [0.717, 1.165) is 56.0 Å². The van der Waals surface area contributed by atoms with Gasteiger partial charge in [0.25, 0.3) is 0 Å². The lowest BCUT2D eigenvalue weighted by molar-refractivity contribution is -0.160. The summed E-state index contributed by atoms with van der Waals surface area (Å²) in [5.41, 5.74) is 6.06. The topological polar surface area (TPSA) is 223 Å². The molecule has 14 heteroatoms. The first-order valence-corrected chi connectivity index (χ1v) is 23.2. The quantitative estimate of drug-likeness (QED) is 0.0504. The number of esters is 2. The van der Waals surface area contributed by atoms with Crippen LogP contribution in [0.3, 0.4) is 0 Å². The van der Waals surface area contributed by atoms with Crippen molar-refractivity contribution in [3.05, 3.63) is 47.6 Å². The lowest BCUT2D eigenvalue weighted by atomic mass is 9.46. The number of carbonyl (C=O) groups excluding carboxylic acids is 7. The van der Waals surface area contributed by atoms with Gasteiger partial charge in [-0.2, -0.15) is 0 Å². The molecule has 16 unspecified atom stereocenters. The van der Waals surface area contributed by atoms with Gasteiger partial charge in [-0.15, -0.1) is 0 Å². The van der Waals surface area contributed by atoms with Crippen LogP contribution in [0.4, 0.5) is 4.79 Å². The fourth-order valence-corrected chi connectivity index (χ4v) is 15.3. The lowest BCUT2D eigenvalue weighted by Crippen LogP contribution is -2.56. The summed E-state index contributed by atoms with van der Waals surface area (Å²) in [6.45, 7) is 10.3. The van der Waals surface area contributed by atoms with Crippen LogP contribution < -0.4 is 5.73 Å². The molecule has 0 aromatic rings. The molecule has 0 aromatic carbocycles. The Morgan fingerprint density at radius 3 is 2.25 bits per heavy atom. The summed E-state index contributed by atoms with van der Waals surface area (Å²) in [5, 5.41) is 23.3. The van der Waals surface area contributed by atoms with Crippen molar-refractivity contribution < 1.29 is 62.7 Å². The molecular weight excluding hydrogens is 823 g/mol. The van der Waals surface area contributed by atoms with Crippen LogP contribution in [0.2, 0.25) is 0 Å². The van der Waals surface area contributed by atoms with Crippen LogP contribution in [-0.2, 0) is 47.7 Å². The zero-order valence-electron chi connectivity index (χ0n) is 38.1. The molecule has 7 aliphatic rings. The fraction of sp³-hybridized carbons (Fsp3) is 0.700. The van der Waals surface area contributed by atoms with Crippen molar-refractivity contribution >= 4 is 41.7 Å². The first-order chi connectivity index (χ1) is 30.2. The molecule has 0 spiro atoms. The zero-order chi connectivity index (χ0) is 46.5. The predicted molar refractivity (Wildman–Crippen MR) is 231 cm³/mol. The second-order valence-corrected chi connectivity index (χ2v) is 21.0. The normalized spacial score (nSPS) is 42.0. The number of hydrogen-bond donors (Lipinski definition) is 3. The second-order valence-electron chi connectivity index (χ2n) is 21.0. The fourth-order valence-electron chi connectivity index (χ4n) is 15.3. The van der Waals surface area contributed by atoms with Crippen molar-refractivity contribution in [2.45, 2.75) is 124 Å². The van der Waals surface area contributed by atoms with E-state index < -0.39 is 96.3 Å². The number of ketones is 3. The third-order valence-electron chi connectivity index (χ3n) is 17.7. The number of rotatable bonds is 13. The SMILES string of the molecule is C/C=C\C1(C)/C(=C\C=O)CCC2C1C(O)CC1(C)C2CC(C)C1C(=O)COC(=O)OCOC(=O)CC(N)C(=O)OCC(=O)C1CCC2C3CCC4=CC(=O)C=CC4(C)C3C(O)CC12C. The van der Waals surface area contributed by atoms with E-state index >= 15 is 0 Å². The summed E-state index contributed by atoms with van der Waals surface area (Å²) in [6, 6.07) is -1.46. The zero-order valence-corrected chi connectivity index (χ0v) is 38.1. The number of carbonyl (C=O) groups is 7. The number of aldehydes is 1. The molecule has 0 bridgehead atoms. The highest BCUT2D eigenvalue weighted by Gasteiger charge is 2.65. The highest BCUT2D eigenvalue weighted by Crippen LogP contribution is 2.68. The van der Waals surface area contributed by atoms with Crippen molar-refractivity contribution in [1.29, 1.82) is 0 Å². The van der Waals surface area contributed by atoms with E-state index in [1.165, 1.54) is 0 Å². The van der Waals surface area contributed by atoms with Gasteiger partial charge in [-0.05, 0) is 123 Å². The summed E-state index contributed by atoms with van der Waals surface area (Å²) in [6.07, 6.45) is 14.6. The average Bonchev–Trinajstić information content (AvgIpc) is 3.71. The number of allylic oxidation sites excluding steroid dienone is 8. The molecule has 14 nitrogen and oxygen atoms in total. The van der Waals surface area contributed by atoms with Gasteiger partial charge in [-0.3, -0.25) is 28.8 Å². The van der Waals surface area contributed by atoms with E-state index in [-0.39, 0.29) is 58.8 Å². The number of Topliss-reactive ketones (excluding diaryl/α,β-unsaturated/α-hetero) is 2. The molecule has 4 N–H and O–H groups in total. The lowest BCUT2D eigenvalue weighted by Gasteiger charge is -2.58. The van der Waals surface area contributed by atoms with Gasteiger partial charge >= 0.3 is 18.1 Å². The van der Waals surface area contributed by atoms with Crippen molar-refractivity contribution in [3.8, 4) is 0 Å². The Balaban J connectivity index is 0.838. The maximum atomic E-state index is 13.7. The van der Waals surface area contributed by atoms with Crippen molar-refractivity contribution in [1.82, 2.24) is 0 Å². The minimum absolute atomic E-state index is 0.0294. The van der Waals surface area contributed by atoms with Gasteiger partial charge in [0, 0.05) is 34.5 Å². The van der Waals surface area contributed by atoms with Gasteiger partial charge < -0.3 is 34.9 Å². The maximum absolute atomic E-state index is 13.7. The van der Waals surface area contributed by atoms with Gasteiger partial charge in [0.15, 0.2) is 24.0 Å². The van der Waals surface area contributed by atoms with E-state index in [2.05, 4.69) is 26.8 Å². The van der Waals surface area contributed by atoms with Crippen LogP contribution in [0.15, 0.2) is 47.6 Å². The number of aliphatic hydroxyl groups is 2. The van der Waals surface area contributed by atoms with Crippen LogP contribution in [0, 0.1) is 74.9 Å². The molecule has 0 aromatic heterocycles. The summed E-state index contributed by atoms with van der Waals surface area (Å²) in [4.78, 5) is 88.8. The molecule has 6 fully saturated rings. The molecule has 0 heterocycles. The smallest absolute Gasteiger partial charge is 0.457 e. The molecule has 0 aliphatic heterocycles. The molecule has 0 amide bonds. The minimum Gasteiger partial charge on any atom is -0.457 e. The van der Waals surface area contributed by atoms with E-state index in [4.69, 9.17) is 24.7 Å². The monoisotopic (exact) mass is 889 g/mol. The number of fused-ring (bicyclic) bond motifs is 8. The third-order valence-corrected chi connectivity index (χ3v) is 17.7. The van der Waals surface area contributed by atoms with E-state index in [1.54, 1.807) is 18.2 Å². The largest absolute Gasteiger partial charge is 0.511 e. The molecule has 0 saturated heterocycles. The average molecular weight is 890 g/mol. The minimum atomic E-state index is -1.46. The summed E-state index contributed by atoms with van der Waals surface area (Å²) in [7, 11) is 0. The van der Waals surface area contributed by atoms with Gasteiger partial charge in [-0.25, -0.2) is 4.79 Å². The van der Waals surface area contributed by atoms with Crippen LogP contribution in [0.5, 0.6) is 0 Å². The maximum Gasteiger partial charge on any atom is 0.511 e. The van der Waals surface area contributed by atoms with Crippen molar-refractivity contribution in [3.63, 3.8) is 0 Å². The Kier molecular flexibility index (Phi) is 13.6. The highest BCUT2D eigenvalue weighted by molar-refractivity contribution is 6.01. The Bertz CT molecular complexity index is 2040. The number of aliphatic hydroxyl groups excluding tert-OH is 2. The molecule has 7 aliphatic carbocycles. The summed E-state index contributed by atoms with van der Waals surface area (Å²) >= 11 is 0. The van der Waals surface area contributed by atoms with Gasteiger partial charge in [0.05, 0.1) is 18.6 Å². The van der Waals surface area contributed by atoms with Crippen molar-refractivity contribution in [2.24, 2.45) is 80.7 Å². The molecule has 350 valence electrons. The Morgan fingerprint density at radius 2 is 1.53 bits per heavy atom. The van der Waals surface area contributed by atoms with E-state index in [0.29, 0.717) is 19.3 Å². The Hall–Kier alpha value is -4.27. The Labute approximate surface area is 375 Å². The van der Waals surface area contributed by atoms with Crippen LogP contribution in [0.25, 0.3) is 0 Å². The molecule has 0 radical (unpaired) electrons. The number of ether oxygens (including phenoxy) is 4. The molecule has 64 heavy (non-hydrogen) atoms. The molecular formula is C50H67NO13. The highest BCUT2D eigenvalue weighted by atomic mass is 16.8. The number of hydrogen-bond acceptors (Lipinski definition) is 14. The first kappa shape index (κ1) is 47.7. The molecule has 16 atom stereocenters. The predicted octanol–water partition coefficient (Wildman–Crippen LogP) is 5.71. The van der Waals surface area contributed by atoms with E-state index in [9.17, 15) is 43.8 Å². The van der Waals surface area contributed by atoms with Gasteiger partial charge in [0.1, 0.15) is 18.9 Å².